The normalized spacial score (nSPS) is 20.8. The van der Waals surface area contributed by atoms with Crippen LogP contribution >= 0.6 is 0 Å². The molecule has 0 aromatic rings. The Morgan fingerprint density at radius 2 is 1.93 bits per heavy atom. The number of carbonyl (C=O) groups excluding carboxylic acids is 1. The number of primary amides is 1. The van der Waals surface area contributed by atoms with E-state index in [1.807, 2.05) is 13.8 Å². The van der Waals surface area contributed by atoms with E-state index in [0.29, 0.717) is 11.8 Å². The molecule has 1 aliphatic carbocycles. The van der Waals surface area contributed by atoms with Gasteiger partial charge in [0.2, 0.25) is 0 Å². The number of rotatable bonds is 3. The van der Waals surface area contributed by atoms with E-state index in [0.717, 1.165) is 0 Å². The zero-order valence-corrected chi connectivity index (χ0v) is 9.38. The van der Waals surface area contributed by atoms with Gasteiger partial charge in [-0.25, -0.2) is 4.79 Å². The number of amides is 1. The fourth-order valence-electron chi connectivity index (χ4n) is 2.38. The van der Waals surface area contributed by atoms with Crippen LogP contribution < -0.4 is 5.73 Å². The highest BCUT2D eigenvalue weighted by atomic mass is 16.6. The molecule has 0 radical (unpaired) electrons. The second-order valence-corrected chi connectivity index (χ2v) is 4.86. The maximum atomic E-state index is 10.7. The number of hydrogen-bond donors (Lipinski definition) is 1. The lowest BCUT2D eigenvalue weighted by Crippen LogP contribution is -2.40. The van der Waals surface area contributed by atoms with Crippen LogP contribution in [0.3, 0.4) is 0 Å². The van der Waals surface area contributed by atoms with E-state index in [-0.39, 0.29) is 0 Å². The topological polar surface area (TPSA) is 52.3 Å². The van der Waals surface area contributed by atoms with Crippen LogP contribution in [0.1, 0.15) is 46.5 Å². The Morgan fingerprint density at radius 1 is 1.43 bits per heavy atom. The molecule has 0 saturated heterocycles. The molecule has 0 aromatic carbocycles. The number of hydrogen-bond acceptors (Lipinski definition) is 2. The molecular formula is C11H21NO2. The summed E-state index contributed by atoms with van der Waals surface area (Å²) in [4.78, 5) is 10.7. The third-order valence-electron chi connectivity index (χ3n) is 3.57. The van der Waals surface area contributed by atoms with Crippen LogP contribution in [0.2, 0.25) is 0 Å². The van der Waals surface area contributed by atoms with Crippen molar-refractivity contribution in [1.82, 2.24) is 0 Å². The van der Waals surface area contributed by atoms with Gasteiger partial charge in [-0.3, -0.25) is 0 Å². The molecule has 0 aliphatic heterocycles. The fraction of sp³-hybridized carbons (Fsp3) is 0.909. The first-order valence-electron chi connectivity index (χ1n) is 5.42. The van der Waals surface area contributed by atoms with Crippen molar-refractivity contribution >= 4 is 6.09 Å². The van der Waals surface area contributed by atoms with E-state index in [2.05, 4.69) is 6.92 Å². The smallest absolute Gasteiger partial charge is 0.405 e. The zero-order valence-electron chi connectivity index (χ0n) is 9.38. The molecule has 14 heavy (non-hydrogen) atoms. The molecule has 1 rings (SSSR count). The van der Waals surface area contributed by atoms with Crippen molar-refractivity contribution in [2.24, 2.45) is 17.6 Å². The minimum atomic E-state index is -0.667. The third kappa shape index (κ3) is 2.63. The van der Waals surface area contributed by atoms with Gasteiger partial charge in [0.05, 0.1) is 0 Å². The summed E-state index contributed by atoms with van der Waals surface area (Å²) in [5.74, 6) is 1.07. The van der Waals surface area contributed by atoms with E-state index in [4.69, 9.17) is 10.5 Å². The van der Waals surface area contributed by atoms with Gasteiger partial charge in [0, 0.05) is 0 Å². The Kier molecular flexibility index (Phi) is 3.40. The predicted molar refractivity (Wildman–Crippen MR) is 55.9 cm³/mol. The van der Waals surface area contributed by atoms with Crippen LogP contribution in [-0.4, -0.2) is 11.7 Å². The molecule has 82 valence electrons. The molecule has 0 bridgehead atoms. The average molecular weight is 199 g/mol. The molecule has 3 nitrogen and oxygen atoms in total. The highest BCUT2D eigenvalue weighted by Crippen LogP contribution is 2.38. The number of nitrogens with two attached hydrogens (primary N) is 1. The molecule has 1 amide bonds. The van der Waals surface area contributed by atoms with E-state index in [9.17, 15) is 4.79 Å². The summed E-state index contributed by atoms with van der Waals surface area (Å²) in [6.07, 6.45) is 4.46. The van der Waals surface area contributed by atoms with Gasteiger partial charge in [0.25, 0.3) is 0 Å². The minimum Gasteiger partial charge on any atom is -0.443 e. The highest BCUT2D eigenvalue weighted by Gasteiger charge is 2.36. The summed E-state index contributed by atoms with van der Waals surface area (Å²) in [5, 5.41) is 0. The monoisotopic (exact) mass is 199 g/mol. The first-order chi connectivity index (χ1) is 6.43. The van der Waals surface area contributed by atoms with Crippen molar-refractivity contribution in [3.8, 4) is 0 Å². The van der Waals surface area contributed by atoms with Crippen LogP contribution in [0, 0.1) is 11.8 Å². The van der Waals surface area contributed by atoms with Gasteiger partial charge < -0.3 is 10.5 Å². The molecule has 1 aliphatic rings. The molecule has 0 aromatic heterocycles. The van der Waals surface area contributed by atoms with Gasteiger partial charge in [-0.15, -0.1) is 0 Å². The SMILES string of the molecule is CC(C1CCCC1)C(C)(C)OC(N)=O. The molecular weight excluding hydrogens is 178 g/mol. The molecule has 3 heteroatoms. The van der Waals surface area contributed by atoms with Crippen LogP contribution in [0.15, 0.2) is 0 Å². The van der Waals surface area contributed by atoms with Crippen molar-refractivity contribution in [3.63, 3.8) is 0 Å². The van der Waals surface area contributed by atoms with Crippen LogP contribution in [0.5, 0.6) is 0 Å². The molecule has 1 saturated carbocycles. The van der Waals surface area contributed by atoms with Crippen molar-refractivity contribution in [2.75, 3.05) is 0 Å². The predicted octanol–water partition coefficient (Wildman–Crippen LogP) is 2.69. The van der Waals surface area contributed by atoms with Gasteiger partial charge in [-0.2, -0.15) is 0 Å². The Labute approximate surface area is 86.0 Å². The summed E-state index contributed by atoms with van der Waals surface area (Å²) >= 11 is 0. The van der Waals surface area contributed by atoms with E-state index in [1.54, 1.807) is 0 Å². The van der Waals surface area contributed by atoms with Crippen molar-refractivity contribution < 1.29 is 9.53 Å². The second-order valence-electron chi connectivity index (χ2n) is 4.86. The Morgan fingerprint density at radius 3 is 2.36 bits per heavy atom. The van der Waals surface area contributed by atoms with Crippen LogP contribution in [-0.2, 0) is 4.74 Å². The van der Waals surface area contributed by atoms with Gasteiger partial charge in [-0.05, 0) is 25.7 Å². The molecule has 0 spiro atoms. The summed E-state index contributed by atoms with van der Waals surface area (Å²) in [7, 11) is 0. The molecule has 2 N–H and O–H groups in total. The van der Waals surface area contributed by atoms with Crippen LogP contribution in [0.4, 0.5) is 4.79 Å². The quantitative estimate of drug-likeness (QED) is 0.759. The van der Waals surface area contributed by atoms with Gasteiger partial charge in [0.15, 0.2) is 0 Å². The van der Waals surface area contributed by atoms with Crippen LogP contribution in [0.25, 0.3) is 0 Å². The number of carbonyl (C=O) groups is 1. The summed E-state index contributed by atoms with van der Waals surface area (Å²) < 4.78 is 5.15. The molecule has 1 fully saturated rings. The standard InChI is InChI=1S/C11H21NO2/c1-8(9-6-4-5-7-9)11(2,3)14-10(12)13/h8-9H,4-7H2,1-3H3,(H2,12,13). The Hall–Kier alpha value is -0.730. The van der Waals surface area contributed by atoms with Gasteiger partial charge in [0.1, 0.15) is 5.60 Å². The van der Waals surface area contributed by atoms with Gasteiger partial charge in [-0.1, -0.05) is 32.6 Å². The van der Waals surface area contributed by atoms with Gasteiger partial charge >= 0.3 is 6.09 Å². The summed E-state index contributed by atoms with van der Waals surface area (Å²) in [6, 6.07) is 0. The first-order valence-corrected chi connectivity index (χ1v) is 5.42. The minimum absolute atomic E-state index is 0.387. The maximum Gasteiger partial charge on any atom is 0.405 e. The zero-order chi connectivity index (χ0) is 10.8. The van der Waals surface area contributed by atoms with E-state index >= 15 is 0 Å². The third-order valence-corrected chi connectivity index (χ3v) is 3.57. The Bertz CT molecular complexity index is 207. The first kappa shape index (κ1) is 11.3. The molecule has 1 unspecified atom stereocenters. The maximum absolute atomic E-state index is 10.7. The highest BCUT2D eigenvalue weighted by molar-refractivity contribution is 5.65. The van der Waals surface area contributed by atoms with E-state index in [1.165, 1.54) is 25.7 Å². The lowest BCUT2D eigenvalue weighted by Gasteiger charge is -2.34. The molecule has 0 heterocycles. The summed E-state index contributed by atoms with van der Waals surface area (Å²) in [6.45, 7) is 6.04. The average Bonchev–Trinajstić information content (AvgIpc) is 2.51. The van der Waals surface area contributed by atoms with Crippen molar-refractivity contribution in [2.45, 2.75) is 52.1 Å². The van der Waals surface area contributed by atoms with Crippen molar-refractivity contribution in [3.05, 3.63) is 0 Å². The molecule has 1 atom stereocenters. The Balaban J connectivity index is 2.55. The lowest BCUT2D eigenvalue weighted by atomic mass is 9.80. The number of ether oxygens (including phenoxy) is 1. The second kappa shape index (κ2) is 4.20. The largest absolute Gasteiger partial charge is 0.443 e. The van der Waals surface area contributed by atoms with E-state index < -0.39 is 11.7 Å². The van der Waals surface area contributed by atoms with Crippen molar-refractivity contribution in [1.29, 1.82) is 0 Å². The lowest BCUT2D eigenvalue weighted by molar-refractivity contribution is -0.0151. The fourth-order valence-corrected chi connectivity index (χ4v) is 2.38. The summed E-state index contributed by atoms with van der Waals surface area (Å²) in [5.41, 5.74) is 4.62.